The minimum absolute atomic E-state index is 0.0540. The van der Waals surface area contributed by atoms with Crippen LogP contribution in [0.15, 0.2) is 30.3 Å². The lowest BCUT2D eigenvalue weighted by molar-refractivity contribution is -0.122. The van der Waals surface area contributed by atoms with Gasteiger partial charge in [-0.25, -0.2) is 0 Å². The summed E-state index contributed by atoms with van der Waals surface area (Å²) in [5.41, 5.74) is 5.86. The second kappa shape index (κ2) is 7.29. The molecule has 110 valence electrons. The van der Waals surface area contributed by atoms with Gasteiger partial charge in [-0.05, 0) is 24.4 Å². The van der Waals surface area contributed by atoms with Crippen LogP contribution >= 0.6 is 12.2 Å². The van der Waals surface area contributed by atoms with E-state index in [4.69, 9.17) is 12.2 Å². The van der Waals surface area contributed by atoms with Crippen molar-refractivity contribution < 1.29 is 4.79 Å². The number of carbonyl (C=O) groups is 1. The average Bonchev–Trinajstić information content (AvgIpc) is 2.95. The molecule has 2 rings (SSSR count). The molecule has 0 radical (unpaired) electrons. The van der Waals surface area contributed by atoms with Crippen LogP contribution in [-0.4, -0.2) is 37.8 Å². The molecule has 2 aromatic rings. The summed E-state index contributed by atoms with van der Waals surface area (Å²) in [6.45, 7) is 2.52. The predicted octanol–water partition coefficient (Wildman–Crippen LogP) is -0.145. The number of hydrazine groups is 1. The van der Waals surface area contributed by atoms with Crippen molar-refractivity contribution in [1.29, 1.82) is 0 Å². The SMILES string of the molecule is CCNC(=S)NNC(=O)Cn1nnc(-c2ccccc2)n1. The highest BCUT2D eigenvalue weighted by molar-refractivity contribution is 7.80. The molecule has 0 aliphatic heterocycles. The second-order valence-corrected chi connectivity index (χ2v) is 4.45. The Kier molecular flexibility index (Phi) is 5.16. The smallest absolute Gasteiger partial charge is 0.262 e. The fourth-order valence-corrected chi connectivity index (χ4v) is 1.71. The van der Waals surface area contributed by atoms with E-state index in [1.165, 1.54) is 4.80 Å². The summed E-state index contributed by atoms with van der Waals surface area (Å²) in [6.07, 6.45) is 0. The summed E-state index contributed by atoms with van der Waals surface area (Å²) in [4.78, 5) is 12.9. The first-order chi connectivity index (χ1) is 10.2. The molecule has 0 aliphatic rings. The number of benzene rings is 1. The highest BCUT2D eigenvalue weighted by Crippen LogP contribution is 2.11. The molecule has 1 amide bonds. The molecule has 1 aromatic carbocycles. The molecule has 9 heteroatoms. The molecule has 0 spiro atoms. The predicted molar refractivity (Wildman–Crippen MR) is 80.8 cm³/mol. The lowest BCUT2D eigenvalue weighted by Crippen LogP contribution is -2.47. The van der Waals surface area contributed by atoms with Gasteiger partial charge < -0.3 is 5.32 Å². The summed E-state index contributed by atoms with van der Waals surface area (Å²) in [5.74, 6) is 0.145. The third-order valence-corrected chi connectivity index (χ3v) is 2.67. The molecular formula is C12H15N7OS. The fourth-order valence-electron chi connectivity index (χ4n) is 1.51. The van der Waals surface area contributed by atoms with Gasteiger partial charge in [0.15, 0.2) is 5.11 Å². The van der Waals surface area contributed by atoms with Gasteiger partial charge in [0.2, 0.25) is 5.82 Å². The monoisotopic (exact) mass is 305 g/mol. The highest BCUT2D eigenvalue weighted by Gasteiger charge is 2.08. The Balaban J connectivity index is 1.88. The number of carbonyl (C=O) groups excluding carboxylic acids is 1. The van der Waals surface area contributed by atoms with E-state index in [2.05, 4.69) is 31.6 Å². The summed E-state index contributed by atoms with van der Waals surface area (Å²) >= 11 is 4.92. The number of nitrogens with one attached hydrogen (secondary N) is 3. The van der Waals surface area contributed by atoms with Crippen LogP contribution in [-0.2, 0) is 11.3 Å². The van der Waals surface area contributed by atoms with Gasteiger partial charge in [0.05, 0.1) is 0 Å². The van der Waals surface area contributed by atoms with Crippen LogP contribution in [0.5, 0.6) is 0 Å². The van der Waals surface area contributed by atoms with Crippen molar-refractivity contribution >= 4 is 23.2 Å². The van der Waals surface area contributed by atoms with Gasteiger partial charge >= 0.3 is 0 Å². The molecule has 0 saturated carbocycles. The Morgan fingerprint density at radius 3 is 2.76 bits per heavy atom. The van der Waals surface area contributed by atoms with Crippen LogP contribution in [0.2, 0.25) is 0 Å². The van der Waals surface area contributed by atoms with Crippen LogP contribution in [0.25, 0.3) is 11.4 Å². The molecule has 3 N–H and O–H groups in total. The normalized spacial score (nSPS) is 9.95. The molecule has 21 heavy (non-hydrogen) atoms. The summed E-state index contributed by atoms with van der Waals surface area (Å²) < 4.78 is 0. The Morgan fingerprint density at radius 1 is 1.29 bits per heavy atom. The lowest BCUT2D eigenvalue weighted by atomic mass is 10.2. The first-order valence-corrected chi connectivity index (χ1v) is 6.75. The van der Waals surface area contributed by atoms with Gasteiger partial charge in [-0.15, -0.1) is 10.2 Å². The zero-order valence-corrected chi connectivity index (χ0v) is 12.2. The van der Waals surface area contributed by atoms with E-state index in [9.17, 15) is 4.79 Å². The fraction of sp³-hybridized carbons (Fsp3) is 0.250. The van der Waals surface area contributed by atoms with Crippen molar-refractivity contribution in [2.75, 3.05) is 6.54 Å². The Bertz CT molecular complexity index is 613. The molecular weight excluding hydrogens is 290 g/mol. The number of hydrogen-bond donors (Lipinski definition) is 3. The van der Waals surface area contributed by atoms with E-state index in [1.807, 2.05) is 37.3 Å². The Labute approximate surface area is 126 Å². The second-order valence-electron chi connectivity index (χ2n) is 4.04. The van der Waals surface area contributed by atoms with Gasteiger partial charge in [0, 0.05) is 12.1 Å². The van der Waals surface area contributed by atoms with Crippen molar-refractivity contribution in [3.8, 4) is 11.4 Å². The van der Waals surface area contributed by atoms with E-state index in [0.717, 1.165) is 5.56 Å². The standard InChI is InChI=1S/C12H15N7OS/c1-2-13-12(21)16-14-10(20)8-19-17-11(15-18-19)9-6-4-3-5-7-9/h3-7H,2,8H2,1H3,(H,14,20)(H2,13,16,21). The number of thiocarbonyl (C=S) groups is 1. The zero-order chi connectivity index (χ0) is 15.1. The quantitative estimate of drug-likeness (QED) is 0.534. The van der Waals surface area contributed by atoms with E-state index >= 15 is 0 Å². The number of aromatic nitrogens is 4. The summed E-state index contributed by atoms with van der Waals surface area (Å²) in [5, 5.41) is 15.1. The van der Waals surface area contributed by atoms with Crippen molar-refractivity contribution in [2.45, 2.75) is 13.5 Å². The third-order valence-electron chi connectivity index (χ3n) is 2.42. The molecule has 0 fully saturated rings. The van der Waals surface area contributed by atoms with E-state index in [1.54, 1.807) is 0 Å². The lowest BCUT2D eigenvalue weighted by Gasteiger charge is -2.09. The molecule has 0 unspecified atom stereocenters. The van der Waals surface area contributed by atoms with Gasteiger partial charge in [-0.3, -0.25) is 15.6 Å². The van der Waals surface area contributed by atoms with E-state index in [0.29, 0.717) is 17.5 Å². The number of nitrogens with zero attached hydrogens (tertiary/aromatic N) is 4. The largest absolute Gasteiger partial charge is 0.362 e. The molecule has 0 aliphatic carbocycles. The van der Waals surface area contributed by atoms with E-state index in [-0.39, 0.29) is 12.5 Å². The van der Waals surface area contributed by atoms with Crippen LogP contribution < -0.4 is 16.2 Å². The van der Waals surface area contributed by atoms with Gasteiger partial charge in [0.25, 0.3) is 5.91 Å². The maximum Gasteiger partial charge on any atom is 0.262 e. The summed E-state index contributed by atoms with van der Waals surface area (Å²) in [7, 11) is 0. The highest BCUT2D eigenvalue weighted by atomic mass is 32.1. The first-order valence-electron chi connectivity index (χ1n) is 6.35. The number of amides is 1. The Hall–Kier alpha value is -2.55. The van der Waals surface area contributed by atoms with Gasteiger partial charge in [-0.1, -0.05) is 30.3 Å². The van der Waals surface area contributed by atoms with Gasteiger partial charge in [0.1, 0.15) is 6.54 Å². The number of rotatable bonds is 4. The molecule has 0 saturated heterocycles. The van der Waals surface area contributed by atoms with E-state index < -0.39 is 0 Å². The minimum Gasteiger partial charge on any atom is -0.362 e. The van der Waals surface area contributed by atoms with Crippen molar-refractivity contribution in [3.05, 3.63) is 30.3 Å². The number of tetrazole rings is 1. The van der Waals surface area contributed by atoms with Crippen LogP contribution in [0, 0.1) is 0 Å². The van der Waals surface area contributed by atoms with Crippen molar-refractivity contribution in [3.63, 3.8) is 0 Å². The van der Waals surface area contributed by atoms with Crippen LogP contribution in [0.4, 0.5) is 0 Å². The minimum atomic E-state index is -0.327. The Morgan fingerprint density at radius 2 is 2.05 bits per heavy atom. The van der Waals surface area contributed by atoms with Crippen LogP contribution in [0.1, 0.15) is 6.92 Å². The average molecular weight is 305 g/mol. The zero-order valence-electron chi connectivity index (χ0n) is 11.4. The molecule has 1 aromatic heterocycles. The molecule has 8 nitrogen and oxygen atoms in total. The van der Waals surface area contributed by atoms with Crippen LogP contribution in [0.3, 0.4) is 0 Å². The van der Waals surface area contributed by atoms with Crippen molar-refractivity contribution in [2.24, 2.45) is 0 Å². The maximum absolute atomic E-state index is 11.7. The van der Waals surface area contributed by atoms with Crippen molar-refractivity contribution in [1.82, 2.24) is 36.4 Å². The first kappa shape index (κ1) is 14.9. The number of hydrogen-bond acceptors (Lipinski definition) is 5. The van der Waals surface area contributed by atoms with Gasteiger partial charge in [-0.2, -0.15) is 4.80 Å². The topological polar surface area (TPSA) is 96.8 Å². The summed E-state index contributed by atoms with van der Waals surface area (Å²) in [6, 6.07) is 9.42. The molecule has 0 atom stereocenters. The molecule has 0 bridgehead atoms. The third kappa shape index (κ3) is 4.49. The maximum atomic E-state index is 11.7. The molecule has 1 heterocycles.